The molecule has 1 aromatic carbocycles. The summed E-state index contributed by atoms with van der Waals surface area (Å²) in [4.78, 5) is 26.4. The third kappa shape index (κ3) is 2.30. The molecule has 1 saturated carbocycles. The van der Waals surface area contributed by atoms with E-state index in [0.717, 1.165) is 12.8 Å². The van der Waals surface area contributed by atoms with Crippen molar-refractivity contribution in [2.75, 3.05) is 11.4 Å². The van der Waals surface area contributed by atoms with Crippen LogP contribution in [0, 0.1) is 12.7 Å². The molecule has 3 rings (SSSR count). The van der Waals surface area contributed by atoms with Gasteiger partial charge in [0, 0.05) is 13.0 Å². The van der Waals surface area contributed by atoms with E-state index in [1.807, 2.05) is 0 Å². The molecule has 1 N–H and O–H groups in total. The first-order valence-electron chi connectivity index (χ1n) is 7.42. The van der Waals surface area contributed by atoms with Gasteiger partial charge in [0.25, 0.3) is 5.91 Å². The Hall–Kier alpha value is -1.91. The van der Waals surface area contributed by atoms with Gasteiger partial charge in [-0.3, -0.25) is 9.59 Å². The summed E-state index contributed by atoms with van der Waals surface area (Å²) < 4.78 is 14.2. The maximum absolute atomic E-state index is 14.2. The smallest absolute Gasteiger partial charge is 0.252 e. The Morgan fingerprint density at radius 1 is 1.24 bits per heavy atom. The molecule has 21 heavy (non-hydrogen) atoms. The van der Waals surface area contributed by atoms with Crippen LogP contribution in [0.2, 0.25) is 0 Å². The molecular formula is C16H19FN2O2. The van der Waals surface area contributed by atoms with Crippen LogP contribution in [0.5, 0.6) is 0 Å². The molecule has 0 atom stereocenters. The van der Waals surface area contributed by atoms with E-state index >= 15 is 0 Å². The molecule has 4 nitrogen and oxygen atoms in total. The van der Waals surface area contributed by atoms with E-state index in [4.69, 9.17) is 0 Å². The second kappa shape index (κ2) is 5.13. The normalized spacial score (nSPS) is 21.5. The summed E-state index contributed by atoms with van der Waals surface area (Å²) in [5.41, 5.74) is 0.193. The monoisotopic (exact) mass is 290 g/mol. The SMILES string of the molecule is Cc1cccc(F)c1N1CCC(=O)NC2(CCCC2)C1=O. The number of nitrogens with zero attached hydrogens (tertiary/aromatic N) is 1. The van der Waals surface area contributed by atoms with Gasteiger partial charge in [0.1, 0.15) is 11.4 Å². The predicted octanol–water partition coefficient (Wildman–Crippen LogP) is 2.30. The topological polar surface area (TPSA) is 49.4 Å². The van der Waals surface area contributed by atoms with Crippen LogP contribution in [0.1, 0.15) is 37.7 Å². The summed E-state index contributed by atoms with van der Waals surface area (Å²) in [6, 6.07) is 4.77. The molecule has 2 fully saturated rings. The van der Waals surface area contributed by atoms with E-state index in [1.165, 1.54) is 11.0 Å². The van der Waals surface area contributed by atoms with Gasteiger partial charge in [-0.15, -0.1) is 0 Å². The summed E-state index contributed by atoms with van der Waals surface area (Å²) >= 11 is 0. The minimum Gasteiger partial charge on any atom is -0.342 e. The number of anilines is 1. The highest BCUT2D eigenvalue weighted by Gasteiger charge is 2.47. The average Bonchev–Trinajstić information content (AvgIpc) is 2.86. The number of carbonyl (C=O) groups excluding carboxylic acids is 2. The number of benzene rings is 1. The molecule has 0 bridgehead atoms. The second-order valence-electron chi connectivity index (χ2n) is 5.95. The molecule has 1 saturated heterocycles. The van der Waals surface area contributed by atoms with Crippen LogP contribution < -0.4 is 10.2 Å². The van der Waals surface area contributed by atoms with Gasteiger partial charge in [-0.05, 0) is 31.4 Å². The summed E-state index contributed by atoms with van der Waals surface area (Å²) in [5, 5.41) is 2.89. The number of hydrogen-bond acceptors (Lipinski definition) is 2. The number of aryl methyl sites for hydroxylation is 1. The minimum atomic E-state index is -0.831. The molecule has 1 heterocycles. The number of nitrogens with one attached hydrogen (secondary N) is 1. The molecule has 1 spiro atoms. The Morgan fingerprint density at radius 3 is 2.62 bits per heavy atom. The first-order valence-corrected chi connectivity index (χ1v) is 7.42. The molecule has 1 aliphatic carbocycles. The number of halogens is 1. The molecule has 0 unspecified atom stereocenters. The van der Waals surface area contributed by atoms with Crippen LogP contribution in [0.4, 0.5) is 10.1 Å². The number of amides is 2. The number of carbonyl (C=O) groups is 2. The Labute approximate surface area is 123 Å². The molecular weight excluding hydrogens is 271 g/mol. The van der Waals surface area contributed by atoms with Crippen LogP contribution in [-0.4, -0.2) is 23.9 Å². The van der Waals surface area contributed by atoms with Gasteiger partial charge in [0.2, 0.25) is 5.91 Å². The fourth-order valence-corrected chi connectivity index (χ4v) is 3.45. The maximum atomic E-state index is 14.2. The van der Waals surface area contributed by atoms with Crippen molar-refractivity contribution in [2.45, 2.75) is 44.6 Å². The Balaban J connectivity index is 2.05. The van der Waals surface area contributed by atoms with Crippen LogP contribution >= 0.6 is 0 Å². The van der Waals surface area contributed by atoms with Gasteiger partial charge in [0.15, 0.2) is 0 Å². The first kappa shape index (κ1) is 14.0. The molecule has 0 aromatic heterocycles. The van der Waals surface area contributed by atoms with Crippen LogP contribution in [0.15, 0.2) is 18.2 Å². The first-order chi connectivity index (χ1) is 10.0. The highest BCUT2D eigenvalue weighted by atomic mass is 19.1. The van der Waals surface area contributed by atoms with Crippen molar-refractivity contribution in [3.8, 4) is 0 Å². The lowest BCUT2D eigenvalue weighted by molar-refractivity contribution is -0.129. The minimum absolute atomic E-state index is 0.123. The summed E-state index contributed by atoms with van der Waals surface area (Å²) in [6.45, 7) is 2.02. The average molecular weight is 290 g/mol. The predicted molar refractivity (Wildman–Crippen MR) is 77.4 cm³/mol. The highest BCUT2D eigenvalue weighted by molar-refractivity contribution is 6.05. The van der Waals surface area contributed by atoms with Crippen molar-refractivity contribution in [1.82, 2.24) is 5.32 Å². The van der Waals surface area contributed by atoms with E-state index in [9.17, 15) is 14.0 Å². The van der Waals surface area contributed by atoms with Crippen LogP contribution in [-0.2, 0) is 9.59 Å². The third-order valence-electron chi connectivity index (χ3n) is 4.51. The summed E-state index contributed by atoms with van der Waals surface area (Å²) in [6.07, 6.45) is 3.32. The molecule has 2 amide bonds. The lowest BCUT2D eigenvalue weighted by Gasteiger charge is -2.32. The van der Waals surface area contributed by atoms with Gasteiger partial charge >= 0.3 is 0 Å². The van der Waals surface area contributed by atoms with E-state index in [0.29, 0.717) is 24.1 Å². The molecule has 1 aliphatic heterocycles. The van der Waals surface area contributed by atoms with E-state index in [2.05, 4.69) is 5.32 Å². The molecule has 5 heteroatoms. The van der Waals surface area contributed by atoms with E-state index in [-0.39, 0.29) is 24.8 Å². The van der Waals surface area contributed by atoms with E-state index in [1.54, 1.807) is 19.1 Å². The van der Waals surface area contributed by atoms with Gasteiger partial charge in [-0.2, -0.15) is 0 Å². The van der Waals surface area contributed by atoms with E-state index < -0.39 is 11.4 Å². The number of rotatable bonds is 1. The Bertz CT molecular complexity index is 574. The van der Waals surface area contributed by atoms with Gasteiger partial charge in [-0.1, -0.05) is 25.0 Å². The van der Waals surface area contributed by atoms with Gasteiger partial charge in [0.05, 0.1) is 5.69 Å². The molecule has 0 radical (unpaired) electrons. The molecule has 1 aromatic rings. The fraction of sp³-hybridized carbons (Fsp3) is 0.500. The zero-order valence-corrected chi connectivity index (χ0v) is 12.1. The molecule has 2 aliphatic rings. The quantitative estimate of drug-likeness (QED) is 0.863. The molecule has 112 valence electrons. The number of hydrogen-bond donors (Lipinski definition) is 1. The van der Waals surface area contributed by atoms with Crippen LogP contribution in [0.25, 0.3) is 0 Å². The summed E-state index contributed by atoms with van der Waals surface area (Å²) in [7, 11) is 0. The summed E-state index contributed by atoms with van der Waals surface area (Å²) in [5.74, 6) is -0.702. The third-order valence-corrected chi connectivity index (χ3v) is 4.51. The van der Waals surface area contributed by atoms with Crippen molar-refractivity contribution in [1.29, 1.82) is 0 Å². The van der Waals surface area contributed by atoms with Crippen molar-refractivity contribution in [2.24, 2.45) is 0 Å². The van der Waals surface area contributed by atoms with Gasteiger partial charge < -0.3 is 10.2 Å². The van der Waals surface area contributed by atoms with Gasteiger partial charge in [-0.25, -0.2) is 4.39 Å². The van der Waals surface area contributed by atoms with Crippen LogP contribution in [0.3, 0.4) is 0 Å². The lowest BCUT2D eigenvalue weighted by Crippen LogP contribution is -2.55. The lowest BCUT2D eigenvalue weighted by atomic mass is 9.95. The van der Waals surface area contributed by atoms with Crippen molar-refractivity contribution in [3.63, 3.8) is 0 Å². The van der Waals surface area contributed by atoms with Crippen molar-refractivity contribution < 1.29 is 14.0 Å². The highest BCUT2D eigenvalue weighted by Crippen LogP contribution is 2.36. The largest absolute Gasteiger partial charge is 0.342 e. The number of para-hydroxylation sites is 1. The van der Waals surface area contributed by atoms with Crippen molar-refractivity contribution in [3.05, 3.63) is 29.6 Å². The zero-order valence-electron chi connectivity index (χ0n) is 12.1. The standard InChI is InChI=1S/C16H19FN2O2/c1-11-5-4-6-12(17)14(11)19-10-7-13(20)18-16(15(19)21)8-2-3-9-16/h4-6H,2-3,7-10H2,1H3,(H,18,20). The Morgan fingerprint density at radius 2 is 1.95 bits per heavy atom. The second-order valence-corrected chi connectivity index (χ2v) is 5.95. The van der Waals surface area contributed by atoms with Crippen molar-refractivity contribution >= 4 is 17.5 Å². The fourth-order valence-electron chi connectivity index (χ4n) is 3.45. The Kier molecular flexibility index (Phi) is 3.43. The zero-order chi connectivity index (χ0) is 15.0. The maximum Gasteiger partial charge on any atom is 0.252 e.